The first-order chi connectivity index (χ1) is 15.7. The Morgan fingerprint density at radius 1 is 1.12 bits per heavy atom. The predicted octanol–water partition coefficient (Wildman–Crippen LogP) is 4.57. The maximum Gasteiger partial charge on any atom is 0.192 e. The van der Waals surface area contributed by atoms with E-state index in [2.05, 4.69) is 15.2 Å². The van der Waals surface area contributed by atoms with E-state index in [0.717, 1.165) is 40.0 Å². The van der Waals surface area contributed by atoms with Crippen molar-refractivity contribution in [3.8, 4) is 11.5 Å². The summed E-state index contributed by atoms with van der Waals surface area (Å²) in [7, 11) is 3.22. The molecule has 3 aromatic heterocycles. The van der Waals surface area contributed by atoms with Crippen LogP contribution in [0.1, 0.15) is 48.0 Å². The Bertz CT molecular complexity index is 1310. The number of benzene rings is 1. The first-order valence-corrected chi connectivity index (χ1v) is 11.5. The summed E-state index contributed by atoms with van der Waals surface area (Å²) in [4.78, 5) is 17.5. The molecule has 0 N–H and O–H groups in total. The standard InChI is InChI=1S/C23H25N5O3S/c1-14(15-9-10-17(29-2)18(11-15)30-3)27-31-12-20-25-22-21-16-7-5-4-6-8-19(16)32-23(21)24-13-28(22)26-20/h9-11,13H,4-8,12H2,1-3H3/b27-14-. The van der Waals surface area contributed by atoms with E-state index in [-0.39, 0.29) is 6.61 Å². The van der Waals surface area contributed by atoms with Crippen LogP contribution in [0.4, 0.5) is 0 Å². The highest BCUT2D eigenvalue weighted by Crippen LogP contribution is 2.36. The molecule has 0 unspecified atom stereocenters. The molecule has 0 amide bonds. The summed E-state index contributed by atoms with van der Waals surface area (Å²) in [6, 6.07) is 5.63. The third-order valence-electron chi connectivity index (χ3n) is 5.78. The van der Waals surface area contributed by atoms with Gasteiger partial charge in [0.1, 0.15) is 11.2 Å². The lowest BCUT2D eigenvalue weighted by molar-refractivity contribution is 0.125. The first-order valence-electron chi connectivity index (χ1n) is 10.7. The second kappa shape index (κ2) is 8.74. The van der Waals surface area contributed by atoms with Crippen LogP contribution in [0.15, 0.2) is 29.7 Å². The molecule has 0 aliphatic heterocycles. The molecule has 9 heteroatoms. The van der Waals surface area contributed by atoms with E-state index in [0.29, 0.717) is 17.3 Å². The van der Waals surface area contributed by atoms with Crippen molar-refractivity contribution in [2.75, 3.05) is 14.2 Å². The Labute approximate surface area is 189 Å². The van der Waals surface area contributed by atoms with Crippen LogP contribution in [0.2, 0.25) is 0 Å². The van der Waals surface area contributed by atoms with Crippen LogP contribution in [0, 0.1) is 0 Å². The lowest BCUT2D eigenvalue weighted by Gasteiger charge is -2.09. The molecule has 8 nitrogen and oxygen atoms in total. The molecular weight excluding hydrogens is 426 g/mol. The van der Waals surface area contributed by atoms with E-state index in [1.54, 1.807) is 36.4 Å². The Kier molecular flexibility index (Phi) is 5.65. The molecule has 0 saturated heterocycles. The summed E-state index contributed by atoms with van der Waals surface area (Å²) in [6.45, 7) is 2.06. The summed E-state index contributed by atoms with van der Waals surface area (Å²) in [5.41, 5.74) is 3.87. The van der Waals surface area contributed by atoms with Gasteiger partial charge in [-0.2, -0.15) is 0 Å². The monoisotopic (exact) mass is 451 g/mol. The second-order valence-electron chi connectivity index (χ2n) is 7.81. The zero-order chi connectivity index (χ0) is 22.1. The van der Waals surface area contributed by atoms with Crippen molar-refractivity contribution in [1.29, 1.82) is 0 Å². The number of aryl methyl sites for hydroxylation is 2. The zero-order valence-corrected chi connectivity index (χ0v) is 19.2. The van der Waals surface area contributed by atoms with Crippen LogP contribution < -0.4 is 9.47 Å². The van der Waals surface area contributed by atoms with E-state index in [1.165, 1.54) is 29.7 Å². The van der Waals surface area contributed by atoms with Gasteiger partial charge in [0.25, 0.3) is 0 Å². The van der Waals surface area contributed by atoms with E-state index < -0.39 is 0 Å². The minimum absolute atomic E-state index is 0.181. The topological polar surface area (TPSA) is 83.1 Å². The van der Waals surface area contributed by atoms with Gasteiger partial charge in [0.2, 0.25) is 0 Å². The van der Waals surface area contributed by atoms with Crippen molar-refractivity contribution in [2.24, 2.45) is 5.16 Å². The molecule has 32 heavy (non-hydrogen) atoms. The Hall–Kier alpha value is -3.20. The number of oxime groups is 1. The average Bonchev–Trinajstić information content (AvgIpc) is 3.31. The number of hydrogen-bond acceptors (Lipinski definition) is 8. The van der Waals surface area contributed by atoms with Gasteiger partial charge in [-0.1, -0.05) is 11.6 Å². The van der Waals surface area contributed by atoms with Crippen LogP contribution in [-0.2, 0) is 24.3 Å². The van der Waals surface area contributed by atoms with Crippen molar-refractivity contribution >= 4 is 32.9 Å². The number of ether oxygens (including phenoxy) is 2. The molecule has 166 valence electrons. The molecular formula is C23H25N5O3S. The molecule has 3 heterocycles. The van der Waals surface area contributed by atoms with Gasteiger partial charge in [-0.15, -0.1) is 16.4 Å². The van der Waals surface area contributed by atoms with Gasteiger partial charge in [0, 0.05) is 10.4 Å². The average molecular weight is 452 g/mol. The Morgan fingerprint density at radius 3 is 2.81 bits per heavy atom. The number of hydrogen-bond donors (Lipinski definition) is 0. The predicted molar refractivity (Wildman–Crippen MR) is 124 cm³/mol. The van der Waals surface area contributed by atoms with E-state index in [9.17, 15) is 0 Å². The normalized spacial score (nSPS) is 14.4. The molecule has 0 spiro atoms. The fourth-order valence-corrected chi connectivity index (χ4v) is 5.36. The van der Waals surface area contributed by atoms with Crippen molar-refractivity contribution in [3.05, 3.63) is 46.4 Å². The van der Waals surface area contributed by atoms with Gasteiger partial charge in [0.15, 0.2) is 29.6 Å². The van der Waals surface area contributed by atoms with Crippen molar-refractivity contribution in [2.45, 2.75) is 45.6 Å². The SMILES string of the molecule is COc1ccc(/C(C)=N\OCc2nc3c4c5c(sc4ncn3n2)CCCCC5)cc1OC. The number of aromatic nitrogens is 4. The minimum Gasteiger partial charge on any atom is -0.493 e. The molecule has 0 radical (unpaired) electrons. The van der Waals surface area contributed by atoms with E-state index in [1.807, 2.05) is 25.1 Å². The van der Waals surface area contributed by atoms with Crippen LogP contribution in [0.25, 0.3) is 15.9 Å². The molecule has 4 aromatic rings. The van der Waals surface area contributed by atoms with Gasteiger partial charge >= 0.3 is 0 Å². The summed E-state index contributed by atoms with van der Waals surface area (Å²) >= 11 is 1.80. The third kappa shape index (κ3) is 3.77. The van der Waals surface area contributed by atoms with Crippen LogP contribution in [0.3, 0.4) is 0 Å². The number of thiophene rings is 1. The fraction of sp³-hybridized carbons (Fsp3) is 0.391. The summed E-state index contributed by atoms with van der Waals surface area (Å²) < 4.78 is 12.4. The maximum atomic E-state index is 5.58. The third-order valence-corrected chi connectivity index (χ3v) is 6.98. The quantitative estimate of drug-likeness (QED) is 0.243. The van der Waals surface area contributed by atoms with Crippen LogP contribution in [0.5, 0.6) is 11.5 Å². The number of nitrogens with zero attached hydrogens (tertiary/aromatic N) is 5. The smallest absolute Gasteiger partial charge is 0.192 e. The molecule has 0 saturated carbocycles. The molecule has 1 aliphatic carbocycles. The van der Waals surface area contributed by atoms with Crippen molar-refractivity contribution in [1.82, 2.24) is 19.6 Å². The van der Waals surface area contributed by atoms with E-state index >= 15 is 0 Å². The number of methoxy groups -OCH3 is 2. The van der Waals surface area contributed by atoms with E-state index in [4.69, 9.17) is 19.3 Å². The second-order valence-corrected chi connectivity index (χ2v) is 8.89. The minimum atomic E-state index is 0.181. The van der Waals surface area contributed by atoms with Crippen LogP contribution in [-0.4, -0.2) is 39.5 Å². The molecule has 0 bridgehead atoms. The molecule has 0 fully saturated rings. The lowest BCUT2D eigenvalue weighted by atomic mass is 10.1. The fourth-order valence-electron chi connectivity index (χ4n) is 4.14. The van der Waals surface area contributed by atoms with Gasteiger partial charge in [-0.3, -0.25) is 0 Å². The molecule has 5 rings (SSSR count). The summed E-state index contributed by atoms with van der Waals surface area (Å²) in [5, 5.41) is 9.95. The van der Waals surface area contributed by atoms with Gasteiger partial charge < -0.3 is 14.3 Å². The van der Waals surface area contributed by atoms with Gasteiger partial charge in [0.05, 0.1) is 25.3 Å². The number of rotatable bonds is 6. The highest BCUT2D eigenvalue weighted by molar-refractivity contribution is 7.19. The van der Waals surface area contributed by atoms with Crippen molar-refractivity contribution < 1.29 is 14.3 Å². The Balaban J connectivity index is 1.38. The molecule has 1 aromatic carbocycles. The van der Waals surface area contributed by atoms with Gasteiger partial charge in [-0.05, 0) is 56.4 Å². The van der Waals surface area contributed by atoms with Crippen molar-refractivity contribution in [3.63, 3.8) is 0 Å². The Morgan fingerprint density at radius 2 is 1.97 bits per heavy atom. The summed E-state index contributed by atoms with van der Waals surface area (Å²) in [6.07, 6.45) is 7.71. The first kappa shape index (κ1) is 20.7. The lowest BCUT2D eigenvalue weighted by Crippen LogP contribution is -1.99. The molecule has 0 atom stereocenters. The number of fused-ring (bicyclic) bond motifs is 5. The summed E-state index contributed by atoms with van der Waals surface area (Å²) in [5.74, 6) is 1.90. The highest BCUT2D eigenvalue weighted by atomic mass is 32.1. The van der Waals surface area contributed by atoms with Gasteiger partial charge in [-0.25, -0.2) is 14.5 Å². The highest BCUT2D eigenvalue weighted by Gasteiger charge is 2.20. The van der Waals surface area contributed by atoms with Crippen LogP contribution >= 0.6 is 11.3 Å². The zero-order valence-electron chi connectivity index (χ0n) is 18.4. The maximum absolute atomic E-state index is 5.58. The molecule has 1 aliphatic rings. The largest absolute Gasteiger partial charge is 0.493 e.